The quantitative estimate of drug-likeness (QED) is 0.762. The van der Waals surface area contributed by atoms with Crippen LogP contribution in [0.4, 0.5) is 0 Å². The van der Waals surface area contributed by atoms with E-state index in [4.69, 9.17) is 5.11 Å². The number of benzene rings is 1. The topological polar surface area (TPSA) is 37.3 Å². The molecule has 0 spiro atoms. The Bertz CT molecular complexity index is 386. The molecule has 2 heteroatoms. The van der Waals surface area contributed by atoms with Crippen LogP contribution in [0.25, 0.3) is 5.57 Å². The van der Waals surface area contributed by atoms with Crippen LogP contribution in [-0.2, 0) is 11.2 Å². The van der Waals surface area contributed by atoms with Crippen LogP contribution in [0, 0.1) is 0 Å². The van der Waals surface area contributed by atoms with Crippen molar-refractivity contribution in [1.29, 1.82) is 0 Å². The second-order valence-electron chi connectivity index (χ2n) is 3.35. The molecule has 78 valence electrons. The second kappa shape index (κ2) is 5.15. The summed E-state index contributed by atoms with van der Waals surface area (Å²) < 4.78 is 0. The summed E-state index contributed by atoms with van der Waals surface area (Å²) in [5, 5.41) is 8.60. The average Bonchev–Trinajstić information content (AvgIpc) is 2.18. The molecule has 0 fully saturated rings. The number of aliphatic carboxylic acids is 1. The fourth-order valence-electron chi connectivity index (χ4n) is 1.33. The van der Waals surface area contributed by atoms with Gasteiger partial charge in [-0.05, 0) is 23.6 Å². The van der Waals surface area contributed by atoms with Crippen LogP contribution < -0.4 is 0 Å². The van der Waals surface area contributed by atoms with Crippen molar-refractivity contribution in [3.05, 3.63) is 54.1 Å². The van der Waals surface area contributed by atoms with Crippen molar-refractivity contribution in [1.82, 2.24) is 0 Å². The Morgan fingerprint density at radius 1 is 1.40 bits per heavy atom. The molecular formula is C13H14O2. The maximum Gasteiger partial charge on any atom is 0.307 e. The van der Waals surface area contributed by atoms with E-state index in [1.807, 2.05) is 37.3 Å². The van der Waals surface area contributed by atoms with Gasteiger partial charge in [0, 0.05) is 0 Å². The first kappa shape index (κ1) is 11.2. The lowest BCUT2D eigenvalue weighted by atomic mass is 10.0. The summed E-state index contributed by atoms with van der Waals surface area (Å²) in [7, 11) is 0. The molecule has 1 N–H and O–H groups in total. The van der Waals surface area contributed by atoms with Gasteiger partial charge >= 0.3 is 5.97 Å². The van der Waals surface area contributed by atoms with Crippen molar-refractivity contribution in [3.63, 3.8) is 0 Å². The third-order valence-corrected chi connectivity index (χ3v) is 2.13. The molecular weight excluding hydrogens is 188 g/mol. The Balaban J connectivity index is 2.85. The van der Waals surface area contributed by atoms with E-state index in [9.17, 15) is 4.79 Å². The predicted molar refractivity (Wildman–Crippen MR) is 61.6 cm³/mol. The number of rotatable bonds is 4. The summed E-state index contributed by atoms with van der Waals surface area (Å²) in [6, 6.07) is 7.52. The van der Waals surface area contributed by atoms with Crippen molar-refractivity contribution >= 4 is 11.5 Å². The lowest BCUT2D eigenvalue weighted by Gasteiger charge is -2.02. The average molecular weight is 202 g/mol. The minimum Gasteiger partial charge on any atom is -0.481 e. The van der Waals surface area contributed by atoms with Gasteiger partial charge in [0.15, 0.2) is 0 Å². The van der Waals surface area contributed by atoms with Crippen molar-refractivity contribution in [2.24, 2.45) is 0 Å². The van der Waals surface area contributed by atoms with Gasteiger partial charge in [-0.2, -0.15) is 0 Å². The Morgan fingerprint density at radius 3 is 2.47 bits per heavy atom. The van der Waals surface area contributed by atoms with Gasteiger partial charge in [-0.3, -0.25) is 4.79 Å². The zero-order valence-corrected chi connectivity index (χ0v) is 8.73. The van der Waals surface area contributed by atoms with Crippen LogP contribution in [0.5, 0.6) is 0 Å². The van der Waals surface area contributed by atoms with E-state index in [0.29, 0.717) is 0 Å². The summed E-state index contributed by atoms with van der Waals surface area (Å²) in [5.41, 5.74) is 3.02. The molecule has 1 aromatic carbocycles. The van der Waals surface area contributed by atoms with E-state index >= 15 is 0 Å². The summed E-state index contributed by atoms with van der Waals surface area (Å²) in [6.07, 6.45) is 3.73. The van der Waals surface area contributed by atoms with Crippen LogP contribution >= 0.6 is 0 Å². The van der Waals surface area contributed by atoms with E-state index in [1.165, 1.54) is 0 Å². The fraction of sp³-hybridized carbons (Fsp3) is 0.154. The predicted octanol–water partition coefficient (Wildman–Crippen LogP) is 2.90. The molecule has 0 saturated heterocycles. The third kappa shape index (κ3) is 3.43. The highest BCUT2D eigenvalue weighted by Gasteiger charge is 2.00. The molecule has 0 heterocycles. The van der Waals surface area contributed by atoms with Crippen LogP contribution in [-0.4, -0.2) is 11.1 Å². The molecule has 15 heavy (non-hydrogen) atoms. The smallest absolute Gasteiger partial charge is 0.307 e. The molecule has 1 aromatic rings. The number of allylic oxidation sites excluding steroid dienone is 3. The zero-order chi connectivity index (χ0) is 11.3. The highest BCUT2D eigenvalue weighted by atomic mass is 16.4. The molecule has 0 bridgehead atoms. The SMILES string of the molecule is C=C/C=C(\C)c1ccc(CC(=O)O)cc1. The minimum atomic E-state index is -0.805. The normalized spacial score (nSPS) is 11.1. The Kier molecular flexibility index (Phi) is 3.86. The van der Waals surface area contributed by atoms with Gasteiger partial charge in [0.1, 0.15) is 0 Å². The van der Waals surface area contributed by atoms with Gasteiger partial charge in [0.2, 0.25) is 0 Å². The van der Waals surface area contributed by atoms with Crippen LogP contribution in [0.3, 0.4) is 0 Å². The molecule has 2 nitrogen and oxygen atoms in total. The first-order valence-electron chi connectivity index (χ1n) is 4.74. The van der Waals surface area contributed by atoms with Gasteiger partial charge in [-0.25, -0.2) is 0 Å². The maximum absolute atomic E-state index is 10.5. The number of carboxylic acid groups (broad SMARTS) is 1. The van der Waals surface area contributed by atoms with E-state index in [0.717, 1.165) is 16.7 Å². The van der Waals surface area contributed by atoms with E-state index < -0.39 is 5.97 Å². The van der Waals surface area contributed by atoms with Gasteiger partial charge in [0.25, 0.3) is 0 Å². The van der Waals surface area contributed by atoms with Crippen molar-refractivity contribution in [2.75, 3.05) is 0 Å². The number of carboxylic acids is 1. The Morgan fingerprint density at radius 2 is 2.00 bits per heavy atom. The lowest BCUT2D eigenvalue weighted by Crippen LogP contribution is -1.99. The summed E-state index contributed by atoms with van der Waals surface area (Å²) in [6.45, 7) is 5.62. The highest BCUT2D eigenvalue weighted by molar-refractivity contribution is 5.71. The number of carbonyl (C=O) groups is 1. The van der Waals surface area contributed by atoms with E-state index in [-0.39, 0.29) is 6.42 Å². The minimum absolute atomic E-state index is 0.0739. The van der Waals surface area contributed by atoms with Gasteiger partial charge in [-0.15, -0.1) is 0 Å². The van der Waals surface area contributed by atoms with E-state index in [1.54, 1.807) is 6.08 Å². The highest BCUT2D eigenvalue weighted by Crippen LogP contribution is 2.14. The molecule has 0 aliphatic rings. The van der Waals surface area contributed by atoms with E-state index in [2.05, 4.69) is 6.58 Å². The van der Waals surface area contributed by atoms with Crippen LogP contribution in [0.2, 0.25) is 0 Å². The monoisotopic (exact) mass is 202 g/mol. The molecule has 0 aliphatic carbocycles. The van der Waals surface area contributed by atoms with Gasteiger partial charge in [0.05, 0.1) is 6.42 Å². The molecule has 1 rings (SSSR count). The molecule has 0 atom stereocenters. The zero-order valence-electron chi connectivity index (χ0n) is 8.73. The largest absolute Gasteiger partial charge is 0.481 e. The third-order valence-electron chi connectivity index (χ3n) is 2.13. The number of hydrogen-bond donors (Lipinski definition) is 1. The summed E-state index contributed by atoms with van der Waals surface area (Å²) in [4.78, 5) is 10.5. The molecule has 0 unspecified atom stereocenters. The standard InChI is InChI=1S/C13H14O2/c1-3-4-10(2)12-7-5-11(6-8-12)9-13(14)15/h3-8H,1,9H2,2H3,(H,14,15)/b10-4+. The molecule has 0 aromatic heterocycles. The Labute approximate surface area is 89.6 Å². The Hall–Kier alpha value is -1.83. The van der Waals surface area contributed by atoms with Gasteiger partial charge < -0.3 is 5.11 Å². The molecule has 0 amide bonds. The van der Waals surface area contributed by atoms with Crippen molar-refractivity contribution in [2.45, 2.75) is 13.3 Å². The van der Waals surface area contributed by atoms with Crippen LogP contribution in [0.1, 0.15) is 18.1 Å². The lowest BCUT2D eigenvalue weighted by molar-refractivity contribution is -0.136. The molecule has 0 saturated carbocycles. The molecule has 0 aliphatic heterocycles. The van der Waals surface area contributed by atoms with Crippen LogP contribution in [0.15, 0.2) is 43.0 Å². The summed E-state index contributed by atoms with van der Waals surface area (Å²) >= 11 is 0. The van der Waals surface area contributed by atoms with Crippen molar-refractivity contribution < 1.29 is 9.90 Å². The maximum atomic E-state index is 10.5. The first-order chi connectivity index (χ1) is 7.13. The fourth-order valence-corrected chi connectivity index (χ4v) is 1.33. The number of hydrogen-bond acceptors (Lipinski definition) is 1. The first-order valence-corrected chi connectivity index (χ1v) is 4.74. The second-order valence-corrected chi connectivity index (χ2v) is 3.35. The summed E-state index contributed by atoms with van der Waals surface area (Å²) in [5.74, 6) is -0.805. The van der Waals surface area contributed by atoms with Gasteiger partial charge in [-0.1, -0.05) is 43.0 Å². The molecule has 0 radical (unpaired) electrons. The van der Waals surface area contributed by atoms with Crippen molar-refractivity contribution in [3.8, 4) is 0 Å².